The van der Waals surface area contributed by atoms with Gasteiger partial charge in [0.15, 0.2) is 11.5 Å². The molecule has 2 aromatic carbocycles. The van der Waals surface area contributed by atoms with Crippen molar-refractivity contribution < 1.29 is 9.47 Å². The molecular weight excluding hydrogens is 370 g/mol. The van der Waals surface area contributed by atoms with Crippen LogP contribution in [0.1, 0.15) is 5.56 Å². The van der Waals surface area contributed by atoms with Gasteiger partial charge in [-0.05, 0) is 33.6 Å². The quantitative estimate of drug-likeness (QED) is 0.713. The minimum absolute atomic E-state index is 0.418. The maximum Gasteiger partial charge on any atom is 0.223 e. The van der Waals surface area contributed by atoms with Crippen molar-refractivity contribution in [3.05, 3.63) is 64.9 Å². The van der Waals surface area contributed by atoms with Gasteiger partial charge in [-0.3, -0.25) is 0 Å². The summed E-state index contributed by atoms with van der Waals surface area (Å²) in [6.07, 6.45) is 1.48. The molecule has 122 valence electrons. The van der Waals surface area contributed by atoms with Crippen LogP contribution in [0.4, 0.5) is 0 Å². The Bertz CT molecular complexity index is 841. The van der Waals surface area contributed by atoms with Gasteiger partial charge in [0.2, 0.25) is 5.88 Å². The molecule has 3 aromatic rings. The maximum atomic E-state index is 5.93. The fourth-order valence-corrected chi connectivity index (χ4v) is 2.83. The molecule has 2 N–H and O–H groups in total. The van der Waals surface area contributed by atoms with Gasteiger partial charge in [-0.15, -0.1) is 0 Å². The zero-order valence-corrected chi connectivity index (χ0v) is 14.7. The fraction of sp³-hybridized carbons (Fsp3) is 0.111. The van der Waals surface area contributed by atoms with Gasteiger partial charge >= 0.3 is 0 Å². The Morgan fingerprint density at radius 1 is 1.08 bits per heavy atom. The molecule has 0 radical (unpaired) electrons. The first kappa shape index (κ1) is 16.4. The fourth-order valence-electron chi connectivity index (χ4n) is 2.26. The van der Waals surface area contributed by atoms with E-state index in [0.717, 1.165) is 21.3 Å². The summed E-state index contributed by atoms with van der Waals surface area (Å²) in [6, 6.07) is 15.4. The highest BCUT2D eigenvalue weighted by atomic mass is 79.9. The van der Waals surface area contributed by atoms with Gasteiger partial charge in [0, 0.05) is 18.2 Å². The van der Waals surface area contributed by atoms with E-state index in [0.29, 0.717) is 23.9 Å². The van der Waals surface area contributed by atoms with E-state index < -0.39 is 0 Å². The molecular formula is C18H16BrN3O2. The van der Waals surface area contributed by atoms with Crippen LogP contribution in [0.5, 0.6) is 17.4 Å². The second kappa shape index (κ2) is 7.42. The van der Waals surface area contributed by atoms with Gasteiger partial charge < -0.3 is 15.2 Å². The molecule has 24 heavy (non-hydrogen) atoms. The summed E-state index contributed by atoms with van der Waals surface area (Å²) in [5, 5.41) is 0. The smallest absolute Gasteiger partial charge is 0.223 e. The number of aromatic nitrogens is 2. The molecule has 0 spiro atoms. The van der Waals surface area contributed by atoms with E-state index in [1.54, 1.807) is 13.2 Å². The summed E-state index contributed by atoms with van der Waals surface area (Å²) in [5.74, 6) is 1.57. The van der Waals surface area contributed by atoms with Crippen LogP contribution in [0.3, 0.4) is 0 Å². The average molecular weight is 386 g/mol. The maximum absolute atomic E-state index is 5.93. The number of nitrogens with zero attached hydrogens (tertiary/aromatic N) is 2. The van der Waals surface area contributed by atoms with Crippen molar-refractivity contribution in [3.63, 3.8) is 0 Å². The summed E-state index contributed by atoms with van der Waals surface area (Å²) >= 11 is 3.50. The molecule has 0 aliphatic carbocycles. The van der Waals surface area contributed by atoms with Crippen LogP contribution in [0.15, 0.2) is 59.3 Å². The Labute approximate surface area is 148 Å². The molecule has 0 fully saturated rings. The third-order valence-electron chi connectivity index (χ3n) is 3.44. The minimum Gasteiger partial charge on any atom is -0.493 e. The lowest BCUT2D eigenvalue weighted by Gasteiger charge is -2.13. The van der Waals surface area contributed by atoms with Crippen molar-refractivity contribution in [2.75, 3.05) is 7.11 Å². The molecule has 0 aliphatic heterocycles. The third-order valence-corrected chi connectivity index (χ3v) is 4.03. The Balaban J connectivity index is 1.95. The number of benzene rings is 2. The van der Waals surface area contributed by atoms with E-state index in [-0.39, 0.29) is 0 Å². The van der Waals surface area contributed by atoms with Crippen LogP contribution in [0.25, 0.3) is 11.3 Å². The predicted octanol–water partition coefficient (Wildman–Crippen LogP) is 4.17. The molecule has 1 heterocycles. The Kier molecular flexibility index (Phi) is 5.08. The molecule has 0 amide bonds. The van der Waals surface area contributed by atoms with Crippen molar-refractivity contribution in [3.8, 4) is 28.6 Å². The van der Waals surface area contributed by atoms with Crippen LogP contribution in [0.2, 0.25) is 0 Å². The molecule has 6 heteroatoms. The van der Waals surface area contributed by atoms with Crippen LogP contribution in [-0.4, -0.2) is 17.1 Å². The second-order valence-electron chi connectivity index (χ2n) is 5.02. The Morgan fingerprint density at radius 3 is 2.58 bits per heavy atom. The van der Waals surface area contributed by atoms with Gasteiger partial charge in [0.05, 0.1) is 17.3 Å². The number of hydrogen-bond donors (Lipinski definition) is 1. The van der Waals surface area contributed by atoms with Crippen molar-refractivity contribution in [1.29, 1.82) is 0 Å². The molecule has 1 aromatic heterocycles. The molecule has 5 nitrogen and oxygen atoms in total. The zero-order chi connectivity index (χ0) is 16.9. The summed E-state index contributed by atoms with van der Waals surface area (Å²) in [4.78, 5) is 8.48. The summed E-state index contributed by atoms with van der Waals surface area (Å²) < 4.78 is 12.1. The van der Waals surface area contributed by atoms with Crippen molar-refractivity contribution in [2.45, 2.75) is 6.54 Å². The summed E-state index contributed by atoms with van der Waals surface area (Å²) in [5.41, 5.74) is 8.42. The monoisotopic (exact) mass is 385 g/mol. The van der Waals surface area contributed by atoms with E-state index in [2.05, 4.69) is 25.9 Å². The van der Waals surface area contributed by atoms with Crippen LogP contribution in [-0.2, 0) is 6.54 Å². The van der Waals surface area contributed by atoms with Crippen molar-refractivity contribution in [2.24, 2.45) is 5.73 Å². The number of ether oxygens (including phenoxy) is 2. The zero-order valence-electron chi connectivity index (χ0n) is 13.1. The van der Waals surface area contributed by atoms with Crippen LogP contribution >= 0.6 is 15.9 Å². The Morgan fingerprint density at radius 2 is 1.88 bits per heavy atom. The first-order valence-corrected chi connectivity index (χ1v) is 8.12. The number of rotatable bonds is 5. The summed E-state index contributed by atoms with van der Waals surface area (Å²) in [6.45, 7) is 0.418. The molecule has 0 saturated heterocycles. The normalized spacial score (nSPS) is 10.5. The molecule has 0 aliphatic rings. The third kappa shape index (κ3) is 3.55. The molecule has 3 rings (SSSR count). The molecule has 0 saturated carbocycles. The van der Waals surface area contributed by atoms with Crippen LogP contribution in [0, 0.1) is 0 Å². The molecule has 0 bridgehead atoms. The number of halogens is 1. The van der Waals surface area contributed by atoms with Gasteiger partial charge in [0.25, 0.3) is 0 Å². The van der Waals surface area contributed by atoms with Gasteiger partial charge in [-0.2, -0.15) is 0 Å². The molecule has 0 atom stereocenters. The average Bonchev–Trinajstić information content (AvgIpc) is 2.64. The molecule has 0 unspecified atom stereocenters. The predicted molar refractivity (Wildman–Crippen MR) is 96.1 cm³/mol. The highest BCUT2D eigenvalue weighted by molar-refractivity contribution is 9.10. The van der Waals surface area contributed by atoms with E-state index in [9.17, 15) is 0 Å². The first-order chi connectivity index (χ1) is 11.7. The lowest BCUT2D eigenvalue weighted by molar-refractivity contribution is 0.372. The first-order valence-electron chi connectivity index (χ1n) is 7.33. The number of methoxy groups -OCH3 is 1. The number of hydrogen-bond acceptors (Lipinski definition) is 5. The van der Waals surface area contributed by atoms with Crippen molar-refractivity contribution in [1.82, 2.24) is 9.97 Å². The Hall–Kier alpha value is -2.44. The van der Waals surface area contributed by atoms with E-state index in [1.165, 1.54) is 6.33 Å². The van der Waals surface area contributed by atoms with Gasteiger partial charge in [0.1, 0.15) is 6.33 Å². The topological polar surface area (TPSA) is 70.3 Å². The number of nitrogens with two attached hydrogens (primary N) is 1. The van der Waals surface area contributed by atoms with E-state index in [1.807, 2.05) is 42.5 Å². The van der Waals surface area contributed by atoms with Gasteiger partial charge in [-0.1, -0.05) is 30.3 Å². The lowest BCUT2D eigenvalue weighted by Crippen LogP contribution is -2.00. The largest absolute Gasteiger partial charge is 0.493 e. The lowest BCUT2D eigenvalue weighted by atomic mass is 10.1. The standard InChI is InChI=1S/C18H16BrN3O2/c1-23-16-8-12(10-20)7-14(19)18(16)24-17-9-15(21-11-22-17)13-5-3-2-4-6-13/h2-9,11H,10,20H2,1H3. The highest BCUT2D eigenvalue weighted by Crippen LogP contribution is 2.39. The van der Waals surface area contributed by atoms with E-state index >= 15 is 0 Å². The summed E-state index contributed by atoms with van der Waals surface area (Å²) in [7, 11) is 1.59. The van der Waals surface area contributed by atoms with Crippen molar-refractivity contribution >= 4 is 15.9 Å². The van der Waals surface area contributed by atoms with Crippen LogP contribution < -0.4 is 15.2 Å². The van der Waals surface area contributed by atoms with E-state index in [4.69, 9.17) is 15.2 Å². The second-order valence-corrected chi connectivity index (χ2v) is 5.88. The SMILES string of the molecule is COc1cc(CN)cc(Br)c1Oc1cc(-c2ccccc2)ncn1. The van der Waals surface area contributed by atoms with Gasteiger partial charge in [-0.25, -0.2) is 9.97 Å². The highest BCUT2D eigenvalue weighted by Gasteiger charge is 2.13. The minimum atomic E-state index is 0.418.